The van der Waals surface area contributed by atoms with E-state index in [1.165, 1.54) is 0 Å². The lowest BCUT2D eigenvalue weighted by atomic mass is 9.59. The summed E-state index contributed by atoms with van der Waals surface area (Å²) in [5.74, 6) is -6.03. The molecule has 3 atom stereocenters. The summed E-state index contributed by atoms with van der Waals surface area (Å²) < 4.78 is 0. The molecular formula is C30H31NO7. The van der Waals surface area contributed by atoms with Gasteiger partial charge in [-0.1, -0.05) is 50.2 Å². The number of aliphatic hydroxyl groups excluding tert-OH is 2. The molecule has 6 N–H and O–H groups in total. The number of aromatic hydroxyl groups is 1. The third kappa shape index (κ3) is 3.74. The van der Waals surface area contributed by atoms with Crippen LogP contribution in [0.15, 0.2) is 53.3 Å². The number of ketones is 2. The summed E-state index contributed by atoms with van der Waals surface area (Å²) in [5, 5.41) is 45.0. The number of rotatable bonds is 5. The Morgan fingerprint density at radius 1 is 1.08 bits per heavy atom. The lowest BCUT2D eigenvalue weighted by Gasteiger charge is -2.46. The van der Waals surface area contributed by atoms with Crippen molar-refractivity contribution in [3.63, 3.8) is 0 Å². The summed E-state index contributed by atoms with van der Waals surface area (Å²) in [6, 6.07) is 11.8. The first-order chi connectivity index (χ1) is 18.0. The van der Waals surface area contributed by atoms with Gasteiger partial charge in [0.15, 0.2) is 11.4 Å². The van der Waals surface area contributed by atoms with Crippen LogP contribution in [0.3, 0.4) is 0 Å². The largest absolute Gasteiger partial charge is 0.508 e. The molecule has 1 saturated carbocycles. The van der Waals surface area contributed by atoms with Gasteiger partial charge in [0.2, 0.25) is 5.78 Å². The number of nitrogens with two attached hydrogens (primary N) is 1. The number of hydrogen-bond donors (Lipinski definition) is 5. The van der Waals surface area contributed by atoms with Gasteiger partial charge in [-0.15, -0.1) is 0 Å². The van der Waals surface area contributed by atoms with Gasteiger partial charge in [-0.3, -0.25) is 14.4 Å². The van der Waals surface area contributed by atoms with Gasteiger partial charge in [-0.2, -0.15) is 0 Å². The predicted octanol–water partition coefficient (Wildman–Crippen LogP) is 3.33. The zero-order valence-corrected chi connectivity index (χ0v) is 21.3. The zero-order valence-electron chi connectivity index (χ0n) is 21.3. The maximum atomic E-state index is 13.7. The Morgan fingerprint density at radius 3 is 2.39 bits per heavy atom. The molecule has 0 aliphatic heterocycles. The number of carbonyl (C=O) groups excluding carboxylic acids is 3. The molecule has 2 aromatic carbocycles. The van der Waals surface area contributed by atoms with Crippen LogP contribution in [-0.2, 0) is 33.6 Å². The second-order valence-corrected chi connectivity index (χ2v) is 10.9. The number of amides is 1. The van der Waals surface area contributed by atoms with Gasteiger partial charge in [-0.25, -0.2) is 0 Å². The van der Waals surface area contributed by atoms with Crippen LogP contribution in [0.1, 0.15) is 60.4 Å². The Labute approximate surface area is 220 Å². The standard InChI is InChI=1S/C30H31NO7/c1-14(2)19-11-16(9-8-15-6-4-3-5-7-15)25(33)23-20(19)12-17-10-18-13-21(32)24(29(31)37)28(36)30(18,38)27(35)22(17)26(23)34/h3-7,11,14,17-18,33-34,36,38H,8-10,12-13H2,1-2H3,(H2,31,37)/t17-,18+,30+/m1/s1. The average Bonchev–Trinajstić information content (AvgIpc) is 2.86. The SMILES string of the molecule is CC(C)c1cc(CCc2ccccc2)c(O)c2c1C[C@H]1C[C@H]3CC(=O)C(C(N)=O)=C(O)[C@@]3(O)C(=O)C1=C2O. The molecule has 5 rings (SSSR count). The highest BCUT2D eigenvalue weighted by atomic mass is 16.3. The van der Waals surface area contributed by atoms with Gasteiger partial charge in [0.1, 0.15) is 22.8 Å². The van der Waals surface area contributed by atoms with E-state index in [1.807, 2.05) is 50.2 Å². The highest BCUT2D eigenvalue weighted by Crippen LogP contribution is 2.53. The highest BCUT2D eigenvalue weighted by Gasteiger charge is 2.60. The molecule has 1 amide bonds. The molecule has 0 spiro atoms. The van der Waals surface area contributed by atoms with Crippen LogP contribution in [0.25, 0.3) is 5.76 Å². The fourth-order valence-corrected chi connectivity index (χ4v) is 6.41. The summed E-state index contributed by atoms with van der Waals surface area (Å²) in [6.45, 7) is 4.03. The topological polar surface area (TPSA) is 158 Å². The van der Waals surface area contributed by atoms with Crippen molar-refractivity contribution in [3.05, 3.63) is 81.1 Å². The summed E-state index contributed by atoms with van der Waals surface area (Å²) in [5.41, 5.74) is 5.33. The monoisotopic (exact) mass is 517 g/mol. The number of Topliss-reactive ketones (excluding diaryl/α,β-unsaturated/α-hetero) is 2. The van der Waals surface area contributed by atoms with Crippen molar-refractivity contribution in [3.8, 4) is 5.75 Å². The molecule has 198 valence electrons. The van der Waals surface area contributed by atoms with Crippen molar-refractivity contribution in [2.75, 3.05) is 0 Å². The number of aryl methyl sites for hydroxylation is 2. The predicted molar refractivity (Wildman–Crippen MR) is 139 cm³/mol. The van der Waals surface area contributed by atoms with Crippen LogP contribution in [0.4, 0.5) is 0 Å². The molecule has 38 heavy (non-hydrogen) atoms. The number of carbonyl (C=O) groups is 3. The van der Waals surface area contributed by atoms with E-state index in [-0.39, 0.29) is 35.6 Å². The van der Waals surface area contributed by atoms with Crippen LogP contribution in [0, 0.1) is 11.8 Å². The molecule has 3 aliphatic carbocycles. The van der Waals surface area contributed by atoms with Crippen LogP contribution >= 0.6 is 0 Å². The van der Waals surface area contributed by atoms with E-state index in [2.05, 4.69) is 0 Å². The number of hydrogen-bond acceptors (Lipinski definition) is 7. The van der Waals surface area contributed by atoms with E-state index in [4.69, 9.17) is 5.73 Å². The first-order valence-electron chi connectivity index (χ1n) is 12.9. The third-order valence-electron chi connectivity index (χ3n) is 8.32. The summed E-state index contributed by atoms with van der Waals surface area (Å²) >= 11 is 0. The molecule has 0 saturated heterocycles. The van der Waals surface area contributed by atoms with Crippen molar-refractivity contribution in [1.82, 2.24) is 0 Å². The van der Waals surface area contributed by atoms with Crippen molar-refractivity contribution in [2.24, 2.45) is 17.6 Å². The fraction of sp³-hybridized carbons (Fsp3) is 0.367. The van der Waals surface area contributed by atoms with Gasteiger partial charge < -0.3 is 26.2 Å². The highest BCUT2D eigenvalue weighted by molar-refractivity contribution is 6.22. The molecule has 1 fully saturated rings. The van der Waals surface area contributed by atoms with E-state index in [0.717, 1.165) is 16.7 Å². The fourth-order valence-electron chi connectivity index (χ4n) is 6.41. The van der Waals surface area contributed by atoms with Gasteiger partial charge in [-0.05, 0) is 59.8 Å². The minimum atomic E-state index is -2.56. The molecule has 0 heterocycles. The second kappa shape index (κ2) is 9.13. The van der Waals surface area contributed by atoms with E-state index < -0.39 is 52.0 Å². The first-order valence-corrected chi connectivity index (χ1v) is 12.9. The minimum Gasteiger partial charge on any atom is -0.508 e. The average molecular weight is 518 g/mol. The van der Waals surface area contributed by atoms with Crippen molar-refractivity contribution in [2.45, 2.75) is 57.5 Å². The molecule has 3 aliphatic rings. The van der Waals surface area contributed by atoms with Crippen molar-refractivity contribution in [1.29, 1.82) is 0 Å². The van der Waals surface area contributed by atoms with Crippen LogP contribution in [-0.4, -0.2) is 43.5 Å². The number of phenols is 1. The molecule has 2 aromatic rings. The van der Waals surface area contributed by atoms with Crippen LogP contribution in [0.5, 0.6) is 5.75 Å². The Morgan fingerprint density at radius 2 is 1.76 bits per heavy atom. The molecule has 0 unspecified atom stereocenters. The molecule has 8 heteroatoms. The van der Waals surface area contributed by atoms with Gasteiger partial charge in [0.25, 0.3) is 5.91 Å². The number of aliphatic hydroxyl groups is 3. The lowest BCUT2D eigenvalue weighted by Crippen LogP contribution is -2.58. The smallest absolute Gasteiger partial charge is 0.255 e. The van der Waals surface area contributed by atoms with E-state index in [9.17, 15) is 34.8 Å². The van der Waals surface area contributed by atoms with Crippen molar-refractivity contribution >= 4 is 23.2 Å². The molecule has 0 radical (unpaired) electrons. The third-order valence-corrected chi connectivity index (χ3v) is 8.32. The number of phenolic OH excluding ortho intramolecular Hbond substituents is 1. The Kier molecular flexibility index (Phi) is 6.18. The lowest BCUT2D eigenvalue weighted by molar-refractivity contribution is -0.147. The van der Waals surface area contributed by atoms with E-state index in [1.54, 1.807) is 0 Å². The second-order valence-electron chi connectivity index (χ2n) is 10.9. The zero-order chi connectivity index (χ0) is 27.5. The maximum absolute atomic E-state index is 13.7. The van der Waals surface area contributed by atoms with Crippen LogP contribution in [0.2, 0.25) is 0 Å². The van der Waals surface area contributed by atoms with Gasteiger partial charge in [0, 0.05) is 17.9 Å². The normalized spacial score (nSPS) is 24.8. The minimum absolute atomic E-state index is 0.0618. The Hall–Kier alpha value is -3.91. The molecule has 0 bridgehead atoms. The van der Waals surface area contributed by atoms with E-state index in [0.29, 0.717) is 24.8 Å². The summed E-state index contributed by atoms with van der Waals surface area (Å²) in [4.78, 5) is 38.1. The van der Waals surface area contributed by atoms with Gasteiger partial charge >= 0.3 is 0 Å². The van der Waals surface area contributed by atoms with Gasteiger partial charge in [0.05, 0.1) is 5.56 Å². The molecule has 8 nitrogen and oxygen atoms in total. The number of fused-ring (bicyclic) bond motifs is 3. The van der Waals surface area contributed by atoms with E-state index >= 15 is 0 Å². The summed E-state index contributed by atoms with van der Waals surface area (Å²) in [6.07, 6.45) is 1.27. The summed E-state index contributed by atoms with van der Waals surface area (Å²) in [7, 11) is 0. The number of benzene rings is 2. The number of primary amides is 1. The quantitative estimate of drug-likeness (QED) is 0.381. The van der Waals surface area contributed by atoms with Crippen LogP contribution < -0.4 is 5.73 Å². The Balaban J connectivity index is 1.64. The molecular weight excluding hydrogens is 486 g/mol. The Bertz CT molecular complexity index is 1440. The first kappa shape index (κ1) is 25.7. The molecule has 0 aromatic heterocycles. The van der Waals surface area contributed by atoms with Crippen molar-refractivity contribution < 1.29 is 34.8 Å². The maximum Gasteiger partial charge on any atom is 0.255 e.